The molecule has 1 fully saturated rings. The van der Waals surface area contributed by atoms with Crippen LogP contribution in [0.25, 0.3) is 0 Å². The fraction of sp³-hybridized carbons (Fsp3) is 0.929. The van der Waals surface area contributed by atoms with Crippen molar-refractivity contribution in [3.8, 4) is 0 Å². The summed E-state index contributed by atoms with van der Waals surface area (Å²) >= 11 is 0. The van der Waals surface area contributed by atoms with Crippen molar-refractivity contribution < 1.29 is 4.79 Å². The second-order valence-corrected chi connectivity index (χ2v) is 6.50. The van der Waals surface area contributed by atoms with Crippen LogP contribution in [0, 0.1) is 10.8 Å². The van der Waals surface area contributed by atoms with Crippen LogP contribution in [0.2, 0.25) is 0 Å². The molecular formula is C14H26O. The number of Topliss-reactive ketones (excluding diaryl/α,β-unsaturated/α-hetero) is 1. The largest absolute Gasteiger partial charge is 0.300 e. The van der Waals surface area contributed by atoms with E-state index in [1.807, 2.05) is 0 Å². The smallest absolute Gasteiger partial charge is 0.133 e. The summed E-state index contributed by atoms with van der Waals surface area (Å²) in [5.41, 5.74) is 0.518. The first-order chi connectivity index (χ1) is 6.87. The molecule has 1 aliphatic carbocycles. The van der Waals surface area contributed by atoms with Crippen LogP contribution in [0.4, 0.5) is 0 Å². The summed E-state index contributed by atoms with van der Waals surface area (Å²) in [6.07, 6.45) is 7.93. The first-order valence-corrected chi connectivity index (χ1v) is 6.39. The van der Waals surface area contributed by atoms with Gasteiger partial charge in [-0.1, -0.05) is 47.0 Å². The zero-order valence-electron chi connectivity index (χ0n) is 10.9. The molecule has 1 atom stereocenters. The highest BCUT2D eigenvalue weighted by molar-refractivity contribution is 5.80. The highest BCUT2D eigenvalue weighted by Gasteiger charge is 2.39. The Morgan fingerprint density at radius 1 is 1.13 bits per heavy atom. The minimum absolute atomic E-state index is 0.232. The first-order valence-electron chi connectivity index (χ1n) is 6.39. The molecule has 1 aliphatic rings. The molecule has 1 nitrogen and oxygen atoms in total. The van der Waals surface area contributed by atoms with Crippen molar-refractivity contribution in [1.29, 1.82) is 0 Å². The predicted molar refractivity (Wildman–Crippen MR) is 64.9 cm³/mol. The van der Waals surface area contributed by atoms with E-state index in [4.69, 9.17) is 0 Å². The second-order valence-electron chi connectivity index (χ2n) is 6.50. The van der Waals surface area contributed by atoms with E-state index in [-0.39, 0.29) is 10.8 Å². The van der Waals surface area contributed by atoms with Gasteiger partial charge in [0, 0.05) is 12.8 Å². The number of hydrogen-bond donors (Lipinski definition) is 0. The van der Waals surface area contributed by atoms with E-state index in [9.17, 15) is 4.79 Å². The maximum Gasteiger partial charge on any atom is 0.133 e. The lowest BCUT2D eigenvalue weighted by Gasteiger charge is -2.42. The Balaban J connectivity index is 2.54. The molecule has 0 radical (unpaired) electrons. The van der Waals surface area contributed by atoms with E-state index in [0.29, 0.717) is 5.78 Å². The lowest BCUT2D eigenvalue weighted by atomic mass is 9.62. The summed E-state index contributed by atoms with van der Waals surface area (Å²) in [7, 11) is 0. The van der Waals surface area contributed by atoms with E-state index in [1.54, 1.807) is 0 Å². The Morgan fingerprint density at radius 2 is 1.80 bits per heavy atom. The van der Waals surface area contributed by atoms with Crippen molar-refractivity contribution in [3.63, 3.8) is 0 Å². The molecular weight excluding hydrogens is 184 g/mol. The van der Waals surface area contributed by atoms with Crippen LogP contribution in [0.3, 0.4) is 0 Å². The molecule has 1 heteroatoms. The van der Waals surface area contributed by atoms with Gasteiger partial charge in [0.1, 0.15) is 5.78 Å². The number of unbranched alkanes of at least 4 members (excludes halogenated alkanes) is 2. The first kappa shape index (κ1) is 12.7. The zero-order valence-corrected chi connectivity index (χ0v) is 10.9. The third-order valence-electron chi connectivity index (χ3n) is 3.59. The molecule has 0 bridgehead atoms. The molecule has 0 aromatic rings. The number of hydrogen-bond acceptors (Lipinski definition) is 1. The van der Waals surface area contributed by atoms with Crippen molar-refractivity contribution >= 4 is 5.78 Å². The van der Waals surface area contributed by atoms with E-state index in [2.05, 4.69) is 27.7 Å². The lowest BCUT2D eigenvalue weighted by molar-refractivity contribution is -0.127. The molecule has 0 aliphatic heterocycles. The summed E-state index contributed by atoms with van der Waals surface area (Å²) in [6, 6.07) is 0. The van der Waals surface area contributed by atoms with Gasteiger partial charge in [-0.25, -0.2) is 0 Å². The normalized spacial score (nSPS) is 30.5. The Labute approximate surface area is 94.6 Å². The molecule has 1 unspecified atom stereocenters. The third kappa shape index (κ3) is 3.96. The molecule has 0 aromatic carbocycles. The van der Waals surface area contributed by atoms with Gasteiger partial charge in [-0.05, 0) is 23.7 Å². The summed E-state index contributed by atoms with van der Waals surface area (Å²) in [5.74, 6) is 0.477. The van der Waals surface area contributed by atoms with Gasteiger partial charge in [0.05, 0.1) is 0 Å². The Bertz CT molecular complexity index is 229. The number of carbonyl (C=O) groups excluding carboxylic acids is 1. The standard InChI is InChI=1S/C14H26O/c1-5-6-7-8-14(4)10-12(15)9-13(2,3)11-14/h5-11H2,1-4H3. The van der Waals surface area contributed by atoms with E-state index < -0.39 is 0 Å². The van der Waals surface area contributed by atoms with Crippen molar-refractivity contribution in [1.82, 2.24) is 0 Å². The van der Waals surface area contributed by atoms with Crippen LogP contribution >= 0.6 is 0 Å². The van der Waals surface area contributed by atoms with Crippen LogP contribution in [0.5, 0.6) is 0 Å². The van der Waals surface area contributed by atoms with Crippen LogP contribution in [-0.2, 0) is 4.79 Å². The van der Waals surface area contributed by atoms with Crippen LogP contribution in [0.1, 0.15) is 72.6 Å². The molecule has 0 spiro atoms. The molecule has 0 saturated heterocycles. The summed E-state index contributed by atoms with van der Waals surface area (Å²) in [4.78, 5) is 11.7. The maximum atomic E-state index is 11.7. The molecule has 88 valence electrons. The van der Waals surface area contributed by atoms with Gasteiger partial charge in [0.25, 0.3) is 0 Å². The average molecular weight is 210 g/mol. The zero-order chi connectivity index (χ0) is 11.5. The topological polar surface area (TPSA) is 17.1 Å². The van der Waals surface area contributed by atoms with Gasteiger partial charge in [-0.3, -0.25) is 4.79 Å². The Kier molecular flexibility index (Phi) is 3.97. The predicted octanol–water partition coefficient (Wildman–Crippen LogP) is 4.35. The van der Waals surface area contributed by atoms with Gasteiger partial charge in [0.15, 0.2) is 0 Å². The van der Waals surface area contributed by atoms with Crippen molar-refractivity contribution in [3.05, 3.63) is 0 Å². The van der Waals surface area contributed by atoms with Crippen molar-refractivity contribution in [2.45, 2.75) is 72.6 Å². The molecule has 1 rings (SSSR count). The molecule has 1 saturated carbocycles. The minimum atomic E-state index is 0.232. The van der Waals surface area contributed by atoms with Gasteiger partial charge in [-0.2, -0.15) is 0 Å². The SMILES string of the molecule is CCCCCC1(C)CC(=O)CC(C)(C)C1. The number of carbonyl (C=O) groups is 1. The fourth-order valence-corrected chi connectivity index (χ4v) is 3.33. The molecule has 0 heterocycles. The molecule has 0 aromatic heterocycles. The number of ketones is 1. The van der Waals surface area contributed by atoms with E-state index in [0.717, 1.165) is 12.8 Å². The maximum absolute atomic E-state index is 11.7. The van der Waals surface area contributed by atoms with Gasteiger partial charge in [0.2, 0.25) is 0 Å². The summed E-state index contributed by atoms with van der Waals surface area (Å²) in [6.45, 7) is 9.02. The highest BCUT2D eigenvalue weighted by Crippen LogP contribution is 2.47. The molecule has 0 N–H and O–H groups in total. The van der Waals surface area contributed by atoms with Crippen LogP contribution in [0.15, 0.2) is 0 Å². The van der Waals surface area contributed by atoms with Gasteiger partial charge >= 0.3 is 0 Å². The monoisotopic (exact) mass is 210 g/mol. The summed E-state index contributed by atoms with van der Waals surface area (Å²) < 4.78 is 0. The third-order valence-corrected chi connectivity index (χ3v) is 3.59. The Hall–Kier alpha value is -0.330. The Morgan fingerprint density at radius 3 is 2.33 bits per heavy atom. The highest BCUT2D eigenvalue weighted by atomic mass is 16.1. The molecule has 0 amide bonds. The van der Waals surface area contributed by atoms with Crippen LogP contribution in [-0.4, -0.2) is 5.78 Å². The number of rotatable bonds is 4. The van der Waals surface area contributed by atoms with E-state index in [1.165, 1.54) is 32.1 Å². The lowest BCUT2D eigenvalue weighted by Crippen LogP contribution is -2.35. The van der Waals surface area contributed by atoms with Crippen molar-refractivity contribution in [2.75, 3.05) is 0 Å². The minimum Gasteiger partial charge on any atom is -0.300 e. The quantitative estimate of drug-likeness (QED) is 0.630. The molecule has 15 heavy (non-hydrogen) atoms. The second kappa shape index (κ2) is 4.67. The fourth-order valence-electron chi connectivity index (χ4n) is 3.33. The summed E-state index contributed by atoms with van der Waals surface area (Å²) in [5, 5.41) is 0. The van der Waals surface area contributed by atoms with Gasteiger partial charge < -0.3 is 0 Å². The van der Waals surface area contributed by atoms with Crippen LogP contribution < -0.4 is 0 Å². The van der Waals surface area contributed by atoms with E-state index >= 15 is 0 Å². The van der Waals surface area contributed by atoms with Gasteiger partial charge in [-0.15, -0.1) is 0 Å². The average Bonchev–Trinajstić information content (AvgIpc) is 1.98. The van der Waals surface area contributed by atoms with Crippen molar-refractivity contribution in [2.24, 2.45) is 10.8 Å².